The molecule has 1 saturated carbocycles. The fourth-order valence-corrected chi connectivity index (χ4v) is 5.96. The molecule has 3 aromatic carbocycles. The summed E-state index contributed by atoms with van der Waals surface area (Å²) in [6, 6.07) is 19.7. The van der Waals surface area contributed by atoms with Gasteiger partial charge in [0.05, 0.1) is 12.8 Å². The molecule has 7 nitrogen and oxygen atoms in total. The highest BCUT2D eigenvalue weighted by atomic mass is 32.1. The maximum atomic E-state index is 14.5. The second-order valence-electron chi connectivity index (χ2n) is 10.1. The van der Waals surface area contributed by atoms with Crippen molar-refractivity contribution in [2.45, 2.75) is 51.1 Å². The monoisotopic (exact) mass is 572 g/mol. The van der Waals surface area contributed by atoms with Gasteiger partial charge in [0.25, 0.3) is 5.91 Å². The van der Waals surface area contributed by atoms with Crippen LogP contribution in [0.4, 0.5) is 15.8 Å². The number of aromatic nitrogens is 1. The van der Waals surface area contributed by atoms with Crippen molar-refractivity contribution >= 4 is 34.7 Å². The Labute approximate surface area is 243 Å². The molecule has 5 rings (SSSR count). The number of anilines is 2. The molecule has 0 bridgehead atoms. The van der Waals surface area contributed by atoms with Gasteiger partial charge in [-0.2, -0.15) is 4.37 Å². The zero-order chi connectivity index (χ0) is 28.9. The Balaban J connectivity index is 1.61. The molecular weight excluding hydrogens is 539 g/mol. The average Bonchev–Trinajstić information content (AvgIpc) is 3.65. The number of carbonyl (C=O) groups is 2. The fourth-order valence-electron chi connectivity index (χ4n) is 5.21. The largest absolute Gasteiger partial charge is 0.497 e. The number of nitrogens with one attached hydrogen (secondary N) is 1. The van der Waals surface area contributed by atoms with Gasteiger partial charge in [-0.15, -0.1) is 0 Å². The van der Waals surface area contributed by atoms with Crippen LogP contribution >= 0.6 is 11.5 Å². The molecule has 1 atom stereocenters. The molecule has 2 amide bonds. The minimum absolute atomic E-state index is 0.0567. The van der Waals surface area contributed by atoms with Crippen molar-refractivity contribution in [2.24, 2.45) is 0 Å². The zero-order valence-electron chi connectivity index (χ0n) is 23.1. The molecule has 0 unspecified atom stereocenters. The van der Waals surface area contributed by atoms with E-state index >= 15 is 0 Å². The van der Waals surface area contributed by atoms with Gasteiger partial charge in [0.2, 0.25) is 5.91 Å². The van der Waals surface area contributed by atoms with Crippen LogP contribution in [0.5, 0.6) is 5.75 Å². The van der Waals surface area contributed by atoms with Gasteiger partial charge in [-0.3, -0.25) is 14.5 Å². The summed E-state index contributed by atoms with van der Waals surface area (Å²) in [6.45, 7) is 2.06. The topological polar surface area (TPSA) is 97.5 Å². The number of nitrogens with zero attached hydrogens (tertiary/aromatic N) is 2. The minimum Gasteiger partial charge on any atom is -0.497 e. The van der Waals surface area contributed by atoms with Gasteiger partial charge in [0.1, 0.15) is 28.2 Å². The van der Waals surface area contributed by atoms with Crippen molar-refractivity contribution in [3.8, 4) is 17.0 Å². The Morgan fingerprint density at radius 2 is 1.71 bits per heavy atom. The molecule has 1 heterocycles. The molecule has 1 aliphatic rings. The summed E-state index contributed by atoms with van der Waals surface area (Å²) in [7, 11) is 1.58. The third-order valence-electron chi connectivity index (χ3n) is 7.52. The smallest absolute Gasteiger partial charge is 0.273 e. The van der Waals surface area contributed by atoms with Gasteiger partial charge in [-0.05, 0) is 90.5 Å². The molecule has 4 aromatic rings. The van der Waals surface area contributed by atoms with Crippen LogP contribution in [0.3, 0.4) is 0 Å². The van der Waals surface area contributed by atoms with E-state index in [-0.39, 0.29) is 28.3 Å². The van der Waals surface area contributed by atoms with Crippen LogP contribution in [0.15, 0.2) is 72.8 Å². The van der Waals surface area contributed by atoms with Gasteiger partial charge >= 0.3 is 0 Å². The fraction of sp³-hybridized carbons (Fsp3) is 0.281. The second-order valence-corrected chi connectivity index (χ2v) is 10.9. The van der Waals surface area contributed by atoms with Gasteiger partial charge in [0.15, 0.2) is 0 Å². The Hall–Kier alpha value is -4.24. The van der Waals surface area contributed by atoms with E-state index in [0.29, 0.717) is 28.3 Å². The first-order chi connectivity index (χ1) is 19.9. The third kappa shape index (κ3) is 6.10. The van der Waals surface area contributed by atoms with E-state index in [9.17, 15) is 14.0 Å². The number of ether oxygens (including phenoxy) is 1. The van der Waals surface area contributed by atoms with Gasteiger partial charge in [-0.1, -0.05) is 44.0 Å². The molecule has 1 aliphatic carbocycles. The summed E-state index contributed by atoms with van der Waals surface area (Å²) >= 11 is 0.966. The van der Waals surface area contributed by atoms with Crippen LogP contribution in [0.2, 0.25) is 0 Å². The molecule has 0 saturated heterocycles. The van der Waals surface area contributed by atoms with E-state index < -0.39 is 11.9 Å². The summed E-state index contributed by atoms with van der Waals surface area (Å²) in [5.41, 5.74) is 10.00. The van der Waals surface area contributed by atoms with E-state index in [0.717, 1.165) is 49.2 Å². The molecule has 0 spiro atoms. The van der Waals surface area contributed by atoms with Crippen molar-refractivity contribution < 1.29 is 18.7 Å². The number of carbonyl (C=O) groups excluding carboxylic acids is 2. The molecule has 1 aromatic heterocycles. The second kappa shape index (κ2) is 12.5. The molecule has 0 aliphatic heterocycles. The Morgan fingerprint density at radius 3 is 2.32 bits per heavy atom. The van der Waals surface area contributed by atoms with Crippen LogP contribution in [-0.2, 0) is 11.2 Å². The molecule has 9 heteroatoms. The number of hydrogen-bond acceptors (Lipinski definition) is 6. The highest BCUT2D eigenvalue weighted by Crippen LogP contribution is 2.37. The molecule has 212 valence electrons. The summed E-state index contributed by atoms with van der Waals surface area (Å²) in [6.07, 6.45) is 4.76. The lowest BCUT2D eigenvalue weighted by Gasteiger charge is -2.32. The number of rotatable bonds is 9. The van der Waals surface area contributed by atoms with E-state index in [1.165, 1.54) is 17.0 Å². The molecule has 41 heavy (non-hydrogen) atoms. The SMILES string of the molecule is CCc1ccc(N(C(=O)c2snc(-c3ccc(F)cc3)c2N)[C@@H](C(=O)NC2CCCC2)c2ccc(OC)cc2)cc1. The van der Waals surface area contributed by atoms with Crippen LogP contribution < -0.4 is 20.7 Å². The normalized spacial score (nSPS) is 14.0. The number of benzene rings is 3. The van der Waals surface area contributed by atoms with E-state index in [1.54, 1.807) is 43.5 Å². The first-order valence-corrected chi connectivity index (χ1v) is 14.5. The third-order valence-corrected chi connectivity index (χ3v) is 8.37. The van der Waals surface area contributed by atoms with Crippen LogP contribution in [0, 0.1) is 5.82 Å². The summed E-state index contributed by atoms with van der Waals surface area (Å²) in [5, 5.41) is 3.19. The first kappa shape index (κ1) is 28.3. The summed E-state index contributed by atoms with van der Waals surface area (Å²) < 4.78 is 23.3. The lowest BCUT2D eigenvalue weighted by atomic mass is 10.0. The standard InChI is InChI=1S/C32H33FN4O3S/c1-3-20-8-16-25(17-9-20)37(32(39)30-27(34)28(36-41-30)21-10-14-23(33)15-11-21)29(22-12-18-26(40-2)19-13-22)31(38)35-24-6-4-5-7-24/h8-19,24,29H,3-7,34H2,1-2H3,(H,35,38)/t29-/m1/s1. The Bertz CT molecular complexity index is 1500. The number of halogens is 1. The number of hydrogen-bond donors (Lipinski definition) is 2. The molecular formula is C32H33FN4O3S. The predicted octanol–water partition coefficient (Wildman–Crippen LogP) is 6.55. The van der Waals surface area contributed by atoms with Crippen molar-refractivity contribution in [3.05, 3.63) is 94.6 Å². The van der Waals surface area contributed by atoms with Crippen LogP contribution in [-0.4, -0.2) is 29.3 Å². The van der Waals surface area contributed by atoms with Crippen molar-refractivity contribution in [2.75, 3.05) is 17.7 Å². The number of nitrogen functional groups attached to an aromatic ring is 1. The quantitative estimate of drug-likeness (QED) is 0.237. The lowest BCUT2D eigenvalue weighted by molar-refractivity contribution is -0.123. The van der Waals surface area contributed by atoms with Gasteiger partial charge in [0, 0.05) is 17.3 Å². The van der Waals surface area contributed by atoms with Gasteiger partial charge < -0.3 is 15.8 Å². The highest BCUT2D eigenvalue weighted by Gasteiger charge is 2.36. The zero-order valence-corrected chi connectivity index (χ0v) is 23.9. The number of aryl methyl sites for hydroxylation is 1. The van der Waals surface area contributed by atoms with Crippen LogP contribution in [0.25, 0.3) is 11.3 Å². The number of amides is 2. The maximum absolute atomic E-state index is 14.5. The number of nitrogens with two attached hydrogens (primary N) is 1. The Morgan fingerprint density at radius 1 is 1.05 bits per heavy atom. The maximum Gasteiger partial charge on any atom is 0.273 e. The lowest BCUT2D eigenvalue weighted by Crippen LogP contribution is -2.46. The van der Waals surface area contributed by atoms with E-state index in [1.807, 2.05) is 24.3 Å². The predicted molar refractivity (Wildman–Crippen MR) is 161 cm³/mol. The molecule has 0 radical (unpaired) electrons. The summed E-state index contributed by atoms with van der Waals surface area (Å²) in [4.78, 5) is 30.2. The number of methoxy groups -OCH3 is 1. The van der Waals surface area contributed by atoms with Crippen molar-refractivity contribution in [1.82, 2.24) is 9.69 Å². The first-order valence-electron chi connectivity index (χ1n) is 13.8. The average molecular weight is 573 g/mol. The van der Waals surface area contributed by atoms with Gasteiger partial charge in [-0.25, -0.2) is 4.39 Å². The van der Waals surface area contributed by atoms with Crippen molar-refractivity contribution in [3.63, 3.8) is 0 Å². The minimum atomic E-state index is -0.975. The van der Waals surface area contributed by atoms with Crippen LogP contribution in [0.1, 0.15) is 59.4 Å². The van der Waals surface area contributed by atoms with Crippen molar-refractivity contribution in [1.29, 1.82) is 0 Å². The molecule has 1 fully saturated rings. The molecule has 3 N–H and O–H groups in total. The van der Waals surface area contributed by atoms with E-state index in [4.69, 9.17) is 10.5 Å². The summed E-state index contributed by atoms with van der Waals surface area (Å²) in [5.74, 6) is -0.447. The van der Waals surface area contributed by atoms with E-state index in [2.05, 4.69) is 16.6 Å². The Kier molecular flexibility index (Phi) is 8.64. The highest BCUT2D eigenvalue weighted by molar-refractivity contribution is 7.09.